The average Bonchev–Trinajstić information content (AvgIpc) is 3.00. The third-order valence-corrected chi connectivity index (χ3v) is 4.14. The molecule has 1 aromatic heterocycles. The number of ether oxygens (including phenoxy) is 1. The summed E-state index contributed by atoms with van der Waals surface area (Å²) in [5, 5.41) is 0. The molecule has 1 unspecified atom stereocenters. The van der Waals surface area contributed by atoms with Crippen LogP contribution in [-0.2, 0) is 4.74 Å². The molecule has 0 N–H and O–H groups in total. The van der Waals surface area contributed by atoms with Gasteiger partial charge in [0.05, 0.1) is 11.9 Å². The topological polar surface area (TPSA) is 39.4 Å². The van der Waals surface area contributed by atoms with Crippen LogP contribution in [0.5, 0.6) is 0 Å². The monoisotopic (exact) mass is 234 g/mol. The Labute approximate surface area is 101 Å². The first kappa shape index (κ1) is 11.0. The quantitative estimate of drug-likeness (QED) is 0.738. The van der Waals surface area contributed by atoms with Gasteiger partial charge in [0.2, 0.25) is 5.78 Å². The predicted octanol–water partition coefficient (Wildman–Crippen LogP) is 3.20. The summed E-state index contributed by atoms with van der Waals surface area (Å²) >= 11 is 0. The fourth-order valence-electron chi connectivity index (χ4n) is 3.24. The second kappa shape index (κ2) is 4.30. The van der Waals surface area contributed by atoms with E-state index in [1.54, 1.807) is 18.4 Å². The Morgan fingerprint density at radius 1 is 1.35 bits per heavy atom. The first-order valence-corrected chi connectivity index (χ1v) is 6.51. The van der Waals surface area contributed by atoms with Crippen molar-refractivity contribution in [2.75, 3.05) is 6.61 Å². The maximum absolute atomic E-state index is 12.3. The highest BCUT2D eigenvalue weighted by atomic mass is 16.5. The third-order valence-electron chi connectivity index (χ3n) is 4.14. The lowest BCUT2D eigenvalue weighted by atomic mass is 9.82. The van der Waals surface area contributed by atoms with Crippen molar-refractivity contribution in [2.45, 2.75) is 44.1 Å². The van der Waals surface area contributed by atoms with Crippen molar-refractivity contribution in [2.24, 2.45) is 5.92 Å². The first-order chi connectivity index (χ1) is 8.29. The van der Waals surface area contributed by atoms with Crippen molar-refractivity contribution >= 4 is 5.78 Å². The molecule has 3 rings (SSSR count). The summed E-state index contributed by atoms with van der Waals surface area (Å²) in [5.74, 6) is 0.752. The Balaban J connectivity index is 1.73. The van der Waals surface area contributed by atoms with E-state index in [1.807, 2.05) is 0 Å². The summed E-state index contributed by atoms with van der Waals surface area (Å²) < 4.78 is 11.2. The number of hydrogen-bond acceptors (Lipinski definition) is 3. The minimum absolute atomic E-state index is 0.00513. The van der Waals surface area contributed by atoms with Crippen molar-refractivity contribution in [1.29, 1.82) is 0 Å². The van der Waals surface area contributed by atoms with Gasteiger partial charge in [0, 0.05) is 12.5 Å². The van der Waals surface area contributed by atoms with E-state index in [0.29, 0.717) is 5.76 Å². The van der Waals surface area contributed by atoms with Gasteiger partial charge in [-0.05, 0) is 37.8 Å². The molecule has 0 radical (unpaired) electrons. The molecule has 2 heterocycles. The SMILES string of the molecule is O=C(c1ccco1)C1CCOC2(CCCC2)C1. The normalized spacial score (nSPS) is 27.4. The highest BCUT2D eigenvalue weighted by Crippen LogP contribution is 2.42. The van der Waals surface area contributed by atoms with Crippen LogP contribution in [0.2, 0.25) is 0 Å². The molecule has 2 fully saturated rings. The molecule has 1 aromatic rings. The Bertz CT molecular complexity index is 388. The number of carbonyl (C=O) groups excluding carboxylic acids is 1. The first-order valence-electron chi connectivity index (χ1n) is 6.51. The van der Waals surface area contributed by atoms with Crippen LogP contribution in [0.1, 0.15) is 49.1 Å². The van der Waals surface area contributed by atoms with Crippen LogP contribution in [0.3, 0.4) is 0 Å². The standard InChI is InChI=1S/C14H18O3/c15-13(12-4-3-8-16-12)11-5-9-17-14(10-11)6-1-2-7-14/h3-4,8,11H,1-2,5-7,9-10H2. The van der Waals surface area contributed by atoms with Crippen LogP contribution >= 0.6 is 0 Å². The zero-order chi connectivity index (χ0) is 11.7. The molecule has 1 spiro atoms. The minimum atomic E-state index is 0.00513. The van der Waals surface area contributed by atoms with E-state index in [1.165, 1.54) is 12.8 Å². The van der Waals surface area contributed by atoms with Gasteiger partial charge in [0.25, 0.3) is 0 Å². The highest BCUT2D eigenvalue weighted by Gasteiger charge is 2.42. The van der Waals surface area contributed by atoms with Crippen molar-refractivity contribution in [3.63, 3.8) is 0 Å². The lowest BCUT2D eigenvalue weighted by molar-refractivity contribution is -0.0868. The van der Waals surface area contributed by atoms with Gasteiger partial charge in [0.15, 0.2) is 5.76 Å². The number of carbonyl (C=O) groups is 1. The summed E-state index contributed by atoms with van der Waals surface area (Å²) in [6, 6.07) is 3.54. The van der Waals surface area contributed by atoms with Crippen LogP contribution in [-0.4, -0.2) is 18.0 Å². The van der Waals surface area contributed by atoms with Crippen molar-refractivity contribution in [3.8, 4) is 0 Å². The molecule has 0 aromatic carbocycles. The Kier molecular flexibility index (Phi) is 2.79. The van der Waals surface area contributed by atoms with Gasteiger partial charge >= 0.3 is 0 Å². The van der Waals surface area contributed by atoms with E-state index in [2.05, 4.69) is 0 Å². The fraction of sp³-hybridized carbons (Fsp3) is 0.643. The van der Waals surface area contributed by atoms with Crippen LogP contribution in [0.4, 0.5) is 0 Å². The van der Waals surface area contributed by atoms with Gasteiger partial charge in [-0.25, -0.2) is 0 Å². The van der Waals surface area contributed by atoms with Gasteiger partial charge in [-0.2, -0.15) is 0 Å². The number of ketones is 1. The van der Waals surface area contributed by atoms with Gasteiger partial charge < -0.3 is 9.15 Å². The summed E-state index contributed by atoms with van der Waals surface area (Å²) in [4.78, 5) is 12.3. The lowest BCUT2D eigenvalue weighted by Crippen LogP contribution is -2.39. The van der Waals surface area contributed by atoms with Crippen LogP contribution in [0.25, 0.3) is 0 Å². The maximum Gasteiger partial charge on any atom is 0.201 e. The van der Waals surface area contributed by atoms with Crippen molar-refractivity contribution < 1.29 is 13.9 Å². The predicted molar refractivity (Wildman–Crippen MR) is 62.9 cm³/mol. The molecule has 1 aliphatic heterocycles. The zero-order valence-electron chi connectivity index (χ0n) is 9.98. The van der Waals surface area contributed by atoms with Gasteiger partial charge in [-0.15, -0.1) is 0 Å². The minimum Gasteiger partial charge on any atom is -0.461 e. The van der Waals surface area contributed by atoms with E-state index in [4.69, 9.17) is 9.15 Å². The molecule has 1 atom stereocenters. The number of Topliss-reactive ketones (excluding diaryl/α,β-unsaturated/α-hetero) is 1. The molecule has 1 aliphatic carbocycles. The second-order valence-corrected chi connectivity index (χ2v) is 5.27. The number of rotatable bonds is 2. The lowest BCUT2D eigenvalue weighted by Gasteiger charge is -2.37. The van der Waals surface area contributed by atoms with E-state index < -0.39 is 0 Å². The highest BCUT2D eigenvalue weighted by molar-refractivity contribution is 5.95. The second-order valence-electron chi connectivity index (χ2n) is 5.27. The van der Waals surface area contributed by atoms with E-state index >= 15 is 0 Å². The Morgan fingerprint density at radius 3 is 2.88 bits per heavy atom. The van der Waals surface area contributed by atoms with Gasteiger partial charge in [0.1, 0.15) is 0 Å². The van der Waals surface area contributed by atoms with Crippen LogP contribution in [0.15, 0.2) is 22.8 Å². The summed E-state index contributed by atoms with van der Waals surface area (Å²) in [7, 11) is 0. The Morgan fingerprint density at radius 2 is 2.18 bits per heavy atom. The summed E-state index contributed by atoms with van der Waals surface area (Å²) in [6.07, 6.45) is 8.00. The fourth-order valence-corrected chi connectivity index (χ4v) is 3.24. The molecule has 0 amide bonds. The number of furan rings is 1. The molecule has 3 nitrogen and oxygen atoms in total. The average molecular weight is 234 g/mol. The third kappa shape index (κ3) is 2.04. The van der Waals surface area contributed by atoms with Gasteiger partial charge in [-0.3, -0.25) is 4.79 Å². The molecule has 1 saturated heterocycles. The van der Waals surface area contributed by atoms with Crippen LogP contribution in [0, 0.1) is 5.92 Å². The van der Waals surface area contributed by atoms with Crippen molar-refractivity contribution in [1.82, 2.24) is 0 Å². The Hall–Kier alpha value is -1.09. The van der Waals surface area contributed by atoms with E-state index in [0.717, 1.165) is 32.3 Å². The molecule has 0 bridgehead atoms. The molecular formula is C14H18O3. The van der Waals surface area contributed by atoms with Gasteiger partial charge in [-0.1, -0.05) is 12.8 Å². The summed E-state index contributed by atoms with van der Waals surface area (Å²) in [5.41, 5.74) is 0.00513. The number of hydrogen-bond donors (Lipinski definition) is 0. The van der Waals surface area contributed by atoms with E-state index in [-0.39, 0.29) is 17.3 Å². The van der Waals surface area contributed by atoms with Crippen molar-refractivity contribution in [3.05, 3.63) is 24.2 Å². The smallest absolute Gasteiger partial charge is 0.201 e. The summed E-state index contributed by atoms with van der Waals surface area (Å²) in [6.45, 7) is 0.719. The zero-order valence-corrected chi connectivity index (χ0v) is 9.98. The van der Waals surface area contributed by atoms with E-state index in [9.17, 15) is 4.79 Å². The molecule has 3 heteroatoms. The maximum atomic E-state index is 12.3. The molecule has 17 heavy (non-hydrogen) atoms. The molecule has 92 valence electrons. The largest absolute Gasteiger partial charge is 0.461 e. The van der Waals surface area contributed by atoms with Crippen LogP contribution < -0.4 is 0 Å². The molecular weight excluding hydrogens is 216 g/mol. The molecule has 2 aliphatic rings. The molecule has 1 saturated carbocycles.